The summed E-state index contributed by atoms with van der Waals surface area (Å²) in [6, 6.07) is 20.6. The van der Waals surface area contributed by atoms with Crippen molar-refractivity contribution in [2.24, 2.45) is 4.99 Å². The summed E-state index contributed by atoms with van der Waals surface area (Å²) in [6.45, 7) is 2.02. The summed E-state index contributed by atoms with van der Waals surface area (Å²) in [7, 11) is 0. The number of amides is 1. The standard InChI is InChI=1S/C23H24N2OS/c1-16(18-10-6-3-7-11-18)24-23(26)22-20-15-27-13-12-19(20)21(25-22)14-17-8-4-2-5-9-17/h2-11,16,21H,12-15H2,1H3,(H,24,26)/t16-,21?/m1/s1. The number of nitrogens with one attached hydrogen (secondary N) is 1. The zero-order valence-electron chi connectivity index (χ0n) is 15.5. The molecule has 0 aromatic heterocycles. The lowest BCUT2D eigenvalue weighted by molar-refractivity contribution is -0.115. The number of thioether (sulfide) groups is 1. The monoisotopic (exact) mass is 376 g/mol. The van der Waals surface area contributed by atoms with E-state index in [2.05, 4.69) is 29.6 Å². The fourth-order valence-corrected chi connectivity index (χ4v) is 4.83. The molecule has 0 fully saturated rings. The van der Waals surface area contributed by atoms with Gasteiger partial charge >= 0.3 is 0 Å². The van der Waals surface area contributed by atoms with Gasteiger partial charge in [0.2, 0.25) is 0 Å². The van der Waals surface area contributed by atoms with E-state index in [9.17, 15) is 4.79 Å². The molecule has 1 amide bonds. The van der Waals surface area contributed by atoms with Gasteiger partial charge in [0.1, 0.15) is 5.71 Å². The van der Waals surface area contributed by atoms with E-state index in [0.717, 1.165) is 29.9 Å². The molecule has 4 heteroatoms. The van der Waals surface area contributed by atoms with Gasteiger partial charge in [0, 0.05) is 5.75 Å². The molecule has 2 aliphatic rings. The van der Waals surface area contributed by atoms with Crippen LogP contribution in [0.3, 0.4) is 0 Å². The number of benzene rings is 2. The highest BCUT2D eigenvalue weighted by Crippen LogP contribution is 2.34. The van der Waals surface area contributed by atoms with Crippen LogP contribution >= 0.6 is 11.8 Å². The average Bonchev–Trinajstić information content (AvgIpc) is 3.08. The predicted molar refractivity (Wildman–Crippen MR) is 113 cm³/mol. The molecule has 0 saturated heterocycles. The lowest BCUT2D eigenvalue weighted by atomic mass is 9.95. The number of carbonyl (C=O) groups is 1. The number of hydrogen-bond donors (Lipinski definition) is 1. The second-order valence-corrected chi connectivity index (χ2v) is 8.20. The van der Waals surface area contributed by atoms with Crippen molar-refractivity contribution >= 4 is 23.4 Å². The zero-order chi connectivity index (χ0) is 18.6. The van der Waals surface area contributed by atoms with Crippen LogP contribution in [-0.2, 0) is 11.2 Å². The van der Waals surface area contributed by atoms with Crippen LogP contribution in [0.1, 0.15) is 30.5 Å². The summed E-state index contributed by atoms with van der Waals surface area (Å²) in [5, 5.41) is 3.14. The van der Waals surface area contributed by atoms with Crippen LogP contribution in [0.2, 0.25) is 0 Å². The van der Waals surface area contributed by atoms with Gasteiger partial charge in [-0.25, -0.2) is 0 Å². The molecule has 1 N–H and O–H groups in total. The smallest absolute Gasteiger partial charge is 0.270 e. The molecule has 0 bridgehead atoms. The van der Waals surface area contributed by atoms with E-state index in [1.54, 1.807) is 0 Å². The van der Waals surface area contributed by atoms with E-state index in [1.807, 2.05) is 55.1 Å². The minimum absolute atomic E-state index is 0.0325. The van der Waals surface area contributed by atoms with Gasteiger partial charge in [-0.05, 0) is 47.8 Å². The number of rotatable bonds is 5. The molecule has 2 heterocycles. The van der Waals surface area contributed by atoms with E-state index >= 15 is 0 Å². The fourth-order valence-electron chi connectivity index (χ4n) is 3.79. The van der Waals surface area contributed by atoms with Crippen LogP contribution in [0.4, 0.5) is 0 Å². The Labute approximate surface area is 165 Å². The molecule has 138 valence electrons. The Kier molecular flexibility index (Phi) is 5.44. The van der Waals surface area contributed by atoms with Crippen molar-refractivity contribution in [3.05, 3.63) is 82.9 Å². The third-order valence-corrected chi connectivity index (χ3v) is 6.24. The topological polar surface area (TPSA) is 41.5 Å². The fraction of sp³-hybridized carbons (Fsp3) is 0.304. The van der Waals surface area contributed by atoms with Crippen LogP contribution < -0.4 is 5.32 Å². The van der Waals surface area contributed by atoms with Crippen molar-refractivity contribution in [1.29, 1.82) is 0 Å². The van der Waals surface area contributed by atoms with Gasteiger partial charge in [0.25, 0.3) is 5.91 Å². The van der Waals surface area contributed by atoms with Crippen molar-refractivity contribution in [2.45, 2.75) is 31.8 Å². The molecule has 0 saturated carbocycles. The quantitative estimate of drug-likeness (QED) is 0.842. The maximum atomic E-state index is 13.0. The van der Waals surface area contributed by atoms with E-state index in [4.69, 9.17) is 4.99 Å². The van der Waals surface area contributed by atoms with Gasteiger partial charge in [-0.3, -0.25) is 9.79 Å². The second kappa shape index (κ2) is 8.13. The molecule has 0 spiro atoms. The SMILES string of the molecule is C[C@@H](NC(=O)C1=NC(Cc2ccccc2)C2=C1CSCC2)c1ccccc1. The molecule has 0 radical (unpaired) electrons. The van der Waals surface area contributed by atoms with E-state index in [0.29, 0.717) is 5.71 Å². The largest absolute Gasteiger partial charge is 0.344 e. The van der Waals surface area contributed by atoms with Gasteiger partial charge in [-0.15, -0.1) is 0 Å². The molecule has 2 aromatic rings. The maximum Gasteiger partial charge on any atom is 0.270 e. The average molecular weight is 377 g/mol. The van der Waals surface area contributed by atoms with E-state index < -0.39 is 0 Å². The predicted octanol–water partition coefficient (Wildman–Crippen LogP) is 4.36. The first kappa shape index (κ1) is 18.1. The van der Waals surface area contributed by atoms with Crippen molar-refractivity contribution in [1.82, 2.24) is 5.32 Å². The van der Waals surface area contributed by atoms with Crippen molar-refractivity contribution in [3.8, 4) is 0 Å². The Morgan fingerprint density at radius 1 is 1.15 bits per heavy atom. The normalized spacial score (nSPS) is 20.0. The van der Waals surface area contributed by atoms with Crippen LogP contribution in [0.5, 0.6) is 0 Å². The third kappa shape index (κ3) is 4.01. The summed E-state index contributed by atoms with van der Waals surface area (Å²) in [5.74, 6) is 1.97. The number of carbonyl (C=O) groups excluding carboxylic acids is 1. The van der Waals surface area contributed by atoms with Crippen molar-refractivity contribution in [2.75, 3.05) is 11.5 Å². The molecule has 2 atom stereocenters. The van der Waals surface area contributed by atoms with Crippen LogP contribution in [0.15, 0.2) is 76.8 Å². The minimum atomic E-state index is -0.0445. The number of aliphatic imine (C=N–C) groups is 1. The van der Waals surface area contributed by atoms with Gasteiger partial charge < -0.3 is 5.32 Å². The van der Waals surface area contributed by atoms with Gasteiger partial charge in [-0.2, -0.15) is 11.8 Å². The molecule has 0 aliphatic carbocycles. The molecule has 27 heavy (non-hydrogen) atoms. The Morgan fingerprint density at radius 2 is 1.85 bits per heavy atom. The van der Waals surface area contributed by atoms with Crippen LogP contribution in [0.25, 0.3) is 0 Å². The number of hydrogen-bond acceptors (Lipinski definition) is 3. The molecule has 1 unspecified atom stereocenters. The zero-order valence-corrected chi connectivity index (χ0v) is 16.3. The van der Waals surface area contributed by atoms with Crippen molar-refractivity contribution in [3.63, 3.8) is 0 Å². The molecule has 2 aromatic carbocycles. The van der Waals surface area contributed by atoms with E-state index in [1.165, 1.54) is 16.7 Å². The second-order valence-electron chi connectivity index (χ2n) is 7.10. The Morgan fingerprint density at radius 3 is 2.59 bits per heavy atom. The van der Waals surface area contributed by atoms with Gasteiger partial charge in [0.15, 0.2) is 0 Å². The minimum Gasteiger partial charge on any atom is -0.344 e. The Bertz CT molecular complexity index is 874. The molecular formula is C23H24N2OS. The highest BCUT2D eigenvalue weighted by molar-refractivity contribution is 7.99. The number of nitrogens with zero attached hydrogens (tertiary/aromatic N) is 1. The molecule has 4 rings (SSSR count). The highest BCUT2D eigenvalue weighted by Gasteiger charge is 2.33. The lowest BCUT2D eigenvalue weighted by Crippen LogP contribution is -2.34. The molecule has 2 aliphatic heterocycles. The lowest BCUT2D eigenvalue weighted by Gasteiger charge is -2.19. The molecular weight excluding hydrogens is 352 g/mol. The highest BCUT2D eigenvalue weighted by atomic mass is 32.2. The van der Waals surface area contributed by atoms with Gasteiger partial charge in [-0.1, -0.05) is 60.7 Å². The third-order valence-electron chi connectivity index (χ3n) is 5.26. The Hall–Kier alpha value is -2.33. The summed E-state index contributed by atoms with van der Waals surface area (Å²) in [5.41, 5.74) is 5.58. The van der Waals surface area contributed by atoms with Crippen LogP contribution in [0, 0.1) is 0 Å². The first-order valence-electron chi connectivity index (χ1n) is 9.50. The van der Waals surface area contributed by atoms with Crippen molar-refractivity contribution < 1.29 is 4.79 Å². The maximum absolute atomic E-state index is 13.0. The van der Waals surface area contributed by atoms with Gasteiger partial charge in [0.05, 0.1) is 12.1 Å². The Balaban J connectivity index is 1.54. The van der Waals surface area contributed by atoms with Crippen LogP contribution in [-0.4, -0.2) is 29.2 Å². The molecule has 3 nitrogen and oxygen atoms in total. The summed E-state index contributed by atoms with van der Waals surface area (Å²) < 4.78 is 0. The van der Waals surface area contributed by atoms with E-state index in [-0.39, 0.29) is 18.0 Å². The summed E-state index contributed by atoms with van der Waals surface area (Å²) in [6.07, 6.45) is 1.90. The first-order chi connectivity index (χ1) is 13.2. The first-order valence-corrected chi connectivity index (χ1v) is 10.7. The summed E-state index contributed by atoms with van der Waals surface area (Å²) in [4.78, 5) is 17.9. The summed E-state index contributed by atoms with van der Waals surface area (Å²) >= 11 is 1.90.